The Hall–Kier alpha value is -1.69. The topological polar surface area (TPSA) is 66.5 Å². The maximum atomic E-state index is 12.5. The minimum Gasteiger partial charge on any atom is -0.348 e. The predicted molar refractivity (Wildman–Crippen MR) is 96.8 cm³/mol. The molecule has 1 aromatic rings. The van der Waals surface area contributed by atoms with Gasteiger partial charge in [-0.25, -0.2) is 0 Å². The van der Waals surface area contributed by atoms with E-state index >= 15 is 0 Å². The number of fused-ring (bicyclic) bond motifs is 1. The standard InChI is InChI=1S/C19H26N2O3S/c1-12(2)17(15-8-5-11-25-15)20-16(22)9-10-21-18(23)13-6-3-4-7-14(13)19(21)24/h5,8,11-14,17H,3-4,6-7,9-10H2,1-2H3,(H,20,22)/t13-,14-,17-/m0/s1. The highest BCUT2D eigenvalue weighted by Crippen LogP contribution is 2.38. The van der Waals surface area contributed by atoms with Gasteiger partial charge in [-0.1, -0.05) is 32.8 Å². The van der Waals surface area contributed by atoms with Crippen LogP contribution in [0.3, 0.4) is 0 Å². The van der Waals surface area contributed by atoms with Crippen LogP contribution in [0.2, 0.25) is 0 Å². The van der Waals surface area contributed by atoms with E-state index in [2.05, 4.69) is 19.2 Å². The third-order valence-corrected chi connectivity index (χ3v) is 6.28. The molecule has 3 atom stereocenters. The number of likely N-dealkylation sites (tertiary alicyclic amines) is 1. The molecule has 3 amide bonds. The number of rotatable bonds is 6. The molecule has 2 heterocycles. The first-order valence-corrected chi connectivity index (χ1v) is 10.0. The summed E-state index contributed by atoms with van der Waals surface area (Å²) in [5, 5.41) is 5.06. The zero-order valence-corrected chi connectivity index (χ0v) is 15.7. The van der Waals surface area contributed by atoms with E-state index < -0.39 is 0 Å². The number of carbonyl (C=O) groups is 3. The Bertz CT molecular complexity index is 617. The summed E-state index contributed by atoms with van der Waals surface area (Å²) in [6, 6.07) is 3.97. The Labute approximate surface area is 152 Å². The van der Waals surface area contributed by atoms with Gasteiger partial charge in [-0.3, -0.25) is 19.3 Å². The Morgan fingerprint density at radius 3 is 2.40 bits per heavy atom. The molecule has 0 unspecified atom stereocenters. The molecule has 2 fully saturated rings. The number of nitrogens with zero attached hydrogens (tertiary/aromatic N) is 1. The van der Waals surface area contributed by atoms with Crippen LogP contribution in [-0.4, -0.2) is 29.2 Å². The highest BCUT2D eigenvalue weighted by Gasteiger charge is 2.47. The lowest BCUT2D eigenvalue weighted by Gasteiger charge is -2.22. The van der Waals surface area contributed by atoms with Crippen molar-refractivity contribution in [3.05, 3.63) is 22.4 Å². The van der Waals surface area contributed by atoms with Crippen molar-refractivity contribution >= 4 is 29.1 Å². The maximum absolute atomic E-state index is 12.5. The van der Waals surface area contributed by atoms with Gasteiger partial charge in [0, 0.05) is 17.8 Å². The molecule has 136 valence electrons. The fourth-order valence-corrected chi connectivity index (χ4v) is 4.89. The van der Waals surface area contributed by atoms with Crippen molar-refractivity contribution in [1.82, 2.24) is 10.2 Å². The van der Waals surface area contributed by atoms with Gasteiger partial charge in [0.05, 0.1) is 17.9 Å². The summed E-state index contributed by atoms with van der Waals surface area (Å²) < 4.78 is 0. The molecule has 5 nitrogen and oxygen atoms in total. The molecule has 1 saturated heterocycles. The summed E-state index contributed by atoms with van der Waals surface area (Å²) in [6.45, 7) is 4.34. The monoisotopic (exact) mass is 362 g/mol. The van der Waals surface area contributed by atoms with Crippen LogP contribution in [0.15, 0.2) is 17.5 Å². The lowest BCUT2D eigenvalue weighted by atomic mass is 9.81. The van der Waals surface area contributed by atoms with Crippen molar-refractivity contribution < 1.29 is 14.4 Å². The summed E-state index contributed by atoms with van der Waals surface area (Å²) in [5.41, 5.74) is 0. The van der Waals surface area contributed by atoms with Crippen LogP contribution >= 0.6 is 11.3 Å². The lowest BCUT2D eigenvalue weighted by molar-refractivity contribution is -0.140. The van der Waals surface area contributed by atoms with Crippen LogP contribution in [0.25, 0.3) is 0 Å². The van der Waals surface area contributed by atoms with Gasteiger partial charge in [-0.15, -0.1) is 11.3 Å². The van der Waals surface area contributed by atoms with Gasteiger partial charge < -0.3 is 5.32 Å². The second kappa shape index (κ2) is 7.68. The van der Waals surface area contributed by atoms with Crippen molar-refractivity contribution in [2.45, 2.75) is 52.0 Å². The molecule has 2 aliphatic rings. The number of carbonyl (C=O) groups excluding carboxylic acids is 3. The van der Waals surface area contributed by atoms with Gasteiger partial charge in [0.2, 0.25) is 17.7 Å². The van der Waals surface area contributed by atoms with Gasteiger partial charge >= 0.3 is 0 Å². The van der Waals surface area contributed by atoms with E-state index in [4.69, 9.17) is 0 Å². The van der Waals surface area contributed by atoms with Crippen LogP contribution in [0, 0.1) is 17.8 Å². The average Bonchev–Trinajstić information content (AvgIpc) is 3.20. The smallest absolute Gasteiger partial charge is 0.233 e. The number of imide groups is 1. The molecule has 0 radical (unpaired) electrons. The second-order valence-corrected chi connectivity index (χ2v) is 8.36. The normalized spacial score (nSPS) is 24.5. The van der Waals surface area contributed by atoms with E-state index in [9.17, 15) is 14.4 Å². The van der Waals surface area contributed by atoms with Crippen molar-refractivity contribution in [2.24, 2.45) is 17.8 Å². The van der Waals surface area contributed by atoms with E-state index in [1.807, 2.05) is 17.5 Å². The molecule has 0 bridgehead atoms. The first-order chi connectivity index (χ1) is 12.0. The van der Waals surface area contributed by atoms with Crippen molar-refractivity contribution in [3.8, 4) is 0 Å². The largest absolute Gasteiger partial charge is 0.348 e. The SMILES string of the molecule is CC(C)[C@H](NC(=O)CCN1C(=O)[C@H]2CCCC[C@@H]2C1=O)c1cccs1. The molecule has 1 aromatic heterocycles. The molecule has 0 spiro atoms. The van der Waals surface area contributed by atoms with Crippen LogP contribution < -0.4 is 5.32 Å². The van der Waals surface area contributed by atoms with Crippen molar-refractivity contribution in [3.63, 3.8) is 0 Å². The minimum atomic E-state index is -0.140. The summed E-state index contributed by atoms with van der Waals surface area (Å²) in [7, 11) is 0. The number of nitrogens with one attached hydrogen (secondary N) is 1. The van der Waals surface area contributed by atoms with Gasteiger partial charge in [0.15, 0.2) is 0 Å². The Kier molecular flexibility index (Phi) is 5.57. The fourth-order valence-electron chi connectivity index (χ4n) is 3.94. The quantitative estimate of drug-likeness (QED) is 0.791. The predicted octanol–water partition coefficient (Wildman–Crippen LogP) is 3.13. The van der Waals surface area contributed by atoms with Gasteiger partial charge in [-0.2, -0.15) is 0 Å². The highest BCUT2D eigenvalue weighted by atomic mass is 32.1. The first-order valence-electron chi connectivity index (χ1n) is 9.17. The number of amides is 3. The average molecular weight is 362 g/mol. The molecule has 1 saturated carbocycles. The van der Waals surface area contributed by atoms with E-state index in [1.54, 1.807) is 11.3 Å². The third kappa shape index (κ3) is 3.78. The van der Waals surface area contributed by atoms with E-state index in [0.29, 0.717) is 0 Å². The second-order valence-electron chi connectivity index (χ2n) is 7.38. The summed E-state index contributed by atoms with van der Waals surface area (Å²) in [5.74, 6) is -0.247. The van der Waals surface area contributed by atoms with Crippen LogP contribution in [0.5, 0.6) is 0 Å². The molecular formula is C19H26N2O3S. The number of thiophene rings is 1. The van der Waals surface area contributed by atoms with Crippen molar-refractivity contribution in [1.29, 1.82) is 0 Å². The first kappa shape index (κ1) is 18.1. The van der Waals surface area contributed by atoms with Crippen molar-refractivity contribution in [2.75, 3.05) is 6.54 Å². The molecule has 0 aromatic carbocycles. The molecule has 1 aliphatic heterocycles. The third-order valence-electron chi connectivity index (χ3n) is 5.33. The van der Waals surface area contributed by atoms with Gasteiger partial charge in [-0.05, 0) is 30.2 Å². The Morgan fingerprint density at radius 2 is 1.88 bits per heavy atom. The van der Waals surface area contributed by atoms with Crippen LogP contribution in [0.4, 0.5) is 0 Å². The zero-order chi connectivity index (χ0) is 18.0. The highest BCUT2D eigenvalue weighted by molar-refractivity contribution is 7.10. The zero-order valence-electron chi connectivity index (χ0n) is 14.9. The maximum Gasteiger partial charge on any atom is 0.233 e. The molecule has 3 rings (SSSR count). The summed E-state index contributed by atoms with van der Waals surface area (Å²) in [6.07, 6.45) is 3.83. The molecule has 25 heavy (non-hydrogen) atoms. The Balaban J connectivity index is 1.57. The Morgan fingerprint density at radius 1 is 1.24 bits per heavy atom. The summed E-state index contributed by atoms with van der Waals surface area (Å²) >= 11 is 1.63. The van der Waals surface area contributed by atoms with Crippen LogP contribution in [0.1, 0.15) is 56.9 Å². The van der Waals surface area contributed by atoms with E-state index in [0.717, 1.165) is 30.6 Å². The molecule has 1 N–H and O–H groups in total. The van der Waals surface area contributed by atoms with E-state index in [-0.39, 0.29) is 54.5 Å². The lowest BCUT2D eigenvalue weighted by Crippen LogP contribution is -2.37. The van der Waals surface area contributed by atoms with Gasteiger partial charge in [0.1, 0.15) is 0 Å². The fraction of sp³-hybridized carbons (Fsp3) is 0.632. The molecule has 1 aliphatic carbocycles. The van der Waals surface area contributed by atoms with Crippen LogP contribution in [-0.2, 0) is 14.4 Å². The number of hydrogen-bond acceptors (Lipinski definition) is 4. The number of hydrogen-bond donors (Lipinski definition) is 1. The summed E-state index contributed by atoms with van der Waals surface area (Å²) in [4.78, 5) is 39.7. The molecule has 6 heteroatoms. The molecular weight excluding hydrogens is 336 g/mol. The minimum absolute atomic E-state index is 0.0277. The van der Waals surface area contributed by atoms with Gasteiger partial charge in [0.25, 0.3) is 0 Å². The van der Waals surface area contributed by atoms with E-state index in [1.165, 1.54) is 4.90 Å².